The highest BCUT2D eigenvalue weighted by atomic mass is 35.5. The summed E-state index contributed by atoms with van der Waals surface area (Å²) in [5.41, 5.74) is 1.74. The van der Waals surface area contributed by atoms with Gasteiger partial charge in [0.1, 0.15) is 0 Å². The van der Waals surface area contributed by atoms with E-state index in [1.165, 1.54) is 12.1 Å². The van der Waals surface area contributed by atoms with Gasteiger partial charge in [-0.05, 0) is 43.7 Å². The van der Waals surface area contributed by atoms with Crippen LogP contribution in [0.4, 0.5) is 5.69 Å². The maximum absolute atomic E-state index is 10.7. The first kappa shape index (κ1) is 18.0. The third-order valence-electron chi connectivity index (χ3n) is 4.01. The highest BCUT2D eigenvalue weighted by molar-refractivity contribution is 6.30. The lowest BCUT2D eigenvalue weighted by Gasteiger charge is -2.17. The van der Waals surface area contributed by atoms with Crippen LogP contribution in [0.1, 0.15) is 37.4 Å². The van der Waals surface area contributed by atoms with Crippen molar-refractivity contribution in [3.05, 3.63) is 75.1 Å². The van der Waals surface area contributed by atoms with Gasteiger partial charge in [0.2, 0.25) is 11.8 Å². The molecule has 0 saturated carbocycles. The molecule has 134 valence electrons. The third-order valence-corrected chi connectivity index (χ3v) is 4.26. The second-order valence-corrected chi connectivity index (χ2v) is 6.35. The fraction of sp³-hybridized carbons (Fsp3) is 0.222. The number of benzene rings is 2. The maximum atomic E-state index is 10.7. The van der Waals surface area contributed by atoms with Crippen LogP contribution in [-0.4, -0.2) is 15.1 Å². The van der Waals surface area contributed by atoms with Gasteiger partial charge < -0.3 is 4.42 Å². The smallest absolute Gasteiger partial charge is 0.269 e. The van der Waals surface area contributed by atoms with Crippen molar-refractivity contribution in [3.63, 3.8) is 0 Å². The van der Waals surface area contributed by atoms with E-state index in [4.69, 9.17) is 16.0 Å². The molecule has 1 heterocycles. The topological polar surface area (TPSA) is 94.1 Å². The Morgan fingerprint density at radius 3 is 2.31 bits per heavy atom. The first-order chi connectivity index (χ1) is 12.4. The largest absolute Gasteiger partial charge is 0.419 e. The zero-order chi connectivity index (χ0) is 18.7. The highest BCUT2D eigenvalue weighted by Crippen LogP contribution is 2.25. The van der Waals surface area contributed by atoms with Gasteiger partial charge in [-0.1, -0.05) is 23.7 Å². The van der Waals surface area contributed by atoms with E-state index >= 15 is 0 Å². The number of hydrogen-bond donors (Lipinski definition) is 1. The summed E-state index contributed by atoms with van der Waals surface area (Å²) in [6, 6.07) is 13.5. The molecule has 8 heteroatoms. The summed E-state index contributed by atoms with van der Waals surface area (Å²) in [5.74, 6) is 0.766. The number of nitrogens with zero attached hydrogens (tertiary/aromatic N) is 3. The first-order valence-corrected chi connectivity index (χ1v) is 8.41. The molecule has 0 bridgehead atoms. The van der Waals surface area contributed by atoms with Crippen LogP contribution < -0.4 is 5.32 Å². The van der Waals surface area contributed by atoms with E-state index in [2.05, 4.69) is 15.5 Å². The predicted octanol–water partition coefficient (Wildman–Crippen LogP) is 4.71. The van der Waals surface area contributed by atoms with Gasteiger partial charge in [-0.25, -0.2) is 0 Å². The molecule has 0 radical (unpaired) electrons. The van der Waals surface area contributed by atoms with Crippen LogP contribution in [0, 0.1) is 10.1 Å². The van der Waals surface area contributed by atoms with Gasteiger partial charge in [0.25, 0.3) is 5.69 Å². The van der Waals surface area contributed by atoms with E-state index < -0.39 is 4.92 Å². The molecule has 3 rings (SSSR count). The number of nitrogens with one attached hydrogen (secondary N) is 1. The molecule has 2 atom stereocenters. The minimum absolute atomic E-state index is 0.0142. The molecule has 2 aromatic carbocycles. The number of nitro groups is 1. The number of non-ortho nitro benzene ring substituents is 1. The SMILES string of the molecule is C[C@@H](N[C@H](C)c1nnc(-c2ccc([N+](=O)[O-])cc2)o1)c1ccc(Cl)cc1. The summed E-state index contributed by atoms with van der Waals surface area (Å²) in [4.78, 5) is 10.3. The van der Waals surface area contributed by atoms with Crippen molar-refractivity contribution in [3.8, 4) is 11.5 Å². The number of aromatic nitrogens is 2. The summed E-state index contributed by atoms with van der Waals surface area (Å²) in [6.07, 6.45) is 0. The minimum Gasteiger partial charge on any atom is -0.419 e. The van der Waals surface area contributed by atoms with Crippen molar-refractivity contribution < 1.29 is 9.34 Å². The molecule has 26 heavy (non-hydrogen) atoms. The fourth-order valence-corrected chi connectivity index (χ4v) is 2.67. The lowest BCUT2D eigenvalue weighted by atomic mass is 10.1. The molecule has 1 N–H and O–H groups in total. The highest BCUT2D eigenvalue weighted by Gasteiger charge is 2.18. The van der Waals surface area contributed by atoms with E-state index in [1.807, 2.05) is 38.1 Å². The predicted molar refractivity (Wildman–Crippen MR) is 97.8 cm³/mol. The van der Waals surface area contributed by atoms with Crippen LogP contribution in [0.2, 0.25) is 5.02 Å². The van der Waals surface area contributed by atoms with Crippen molar-refractivity contribution in [2.45, 2.75) is 25.9 Å². The van der Waals surface area contributed by atoms with E-state index in [0.717, 1.165) is 5.56 Å². The normalized spacial score (nSPS) is 13.3. The molecule has 0 aliphatic carbocycles. The van der Waals surface area contributed by atoms with Crippen LogP contribution in [0.25, 0.3) is 11.5 Å². The second-order valence-electron chi connectivity index (χ2n) is 5.91. The zero-order valence-electron chi connectivity index (χ0n) is 14.2. The van der Waals surface area contributed by atoms with E-state index in [1.54, 1.807) is 12.1 Å². The van der Waals surface area contributed by atoms with Gasteiger partial charge in [0.05, 0.1) is 11.0 Å². The molecule has 3 aromatic rings. The molecule has 1 aromatic heterocycles. The van der Waals surface area contributed by atoms with Crippen LogP contribution in [0.5, 0.6) is 0 Å². The molecular weight excluding hydrogens is 356 g/mol. The Bertz CT molecular complexity index is 894. The van der Waals surface area contributed by atoms with Crippen LogP contribution in [-0.2, 0) is 0 Å². The van der Waals surface area contributed by atoms with E-state index in [9.17, 15) is 10.1 Å². The first-order valence-electron chi connectivity index (χ1n) is 8.04. The Hall–Kier alpha value is -2.77. The van der Waals surface area contributed by atoms with Crippen molar-refractivity contribution in [2.24, 2.45) is 0 Å². The lowest BCUT2D eigenvalue weighted by Crippen LogP contribution is -2.22. The summed E-state index contributed by atoms with van der Waals surface area (Å²) in [6.45, 7) is 3.97. The van der Waals surface area contributed by atoms with Gasteiger partial charge in [0.15, 0.2) is 0 Å². The van der Waals surface area contributed by atoms with Gasteiger partial charge in [-0.2, -0.15) is 0 Å². The summed E-state index contributed by atoms with van der Waals surface area (Å²) in [7, 11) is 0. The molecule has 0 saturated heterocycles. The lowest BCUT2D eigenvalue weighted by molar-refractivity contribution is -0.384. The minimum atomic E-state index is -0.451. The number of halogens is 1. The van der Waals surface area contributed by atoms with Gasteiger partial charge in [-0.15, -0.1) is 10.2 Å². The Balaban J connectivity index is 1.70. The molecular formula is C18H17ClN4O3. The van der Waals surface area contributed by atoms with Crippen molar-refractivity contribution in [2.75, 3.05) is 0 Å². The molecule has 0 unspecified atom stereocenters. The average Bonchev–Trinajstić information content (AvgIpc) is 3.12. The molecule has 0 spiro atoms. The van der Waals surface area contributed by atoms with Gasteiger partial charge in [-0.3, -0.25) is 15.4 Å². The van der Waals surface area contributed by atoms with Crippen molar-refractivity contribution in [1.29, 1.82) is 0 Å². The Morgan fingerprint density at radius 2 is 1.69 bits per heavy atom. The van der Waals surface area contributed by atoms with Crippen LogP contribution in [0.15, 0.2) is 52.9 Å². The Morgan fingerprint density at radius 1 is 1.04 bits per heavy atom. The molecule has 7 nitrogen and oxygen atoms in total. The Labute approximate surface area is 155 Å². The third kappa shape index (κ3) is 4.07. The number of hydrogen-bond acceptors (Lipinski definition) is 6. The fourth-order valence-electron chi connectivity index (χ4n) is 2.55. The molecule has 0 aliphatic rings. The molecule has 0 aliphatic heterocycles. The van der Waals surface area contributed by atoms with Gasteiger partial charge in [0, 0.05) is 28.8 Å². The van der Waals surface area contributed by atoms with E-state index in [0.29, 0.717) is 22.4 Å². The number of nitro benzene ring substituents is 1. The second kappa shape index (κ2) is 7.63. The number of rotatable bonds is 6. The zero-order valence-corrected chi connectivity index (χ0v) is 15.0. The maximum Gasteiger partial charge on any atom is 0.269 e. The summed E-state index contributed by atoms with van der Waals surface area (Å²) >= 11 is 5.92. The quantitative estimate of drug-likeness (QED) is 0.497. The molecule has 0 amide bonds. The molecule has 0 fully saturated rings. The van der Waals surface area contributed by atoms with Crippen LogP contribution in [0.3, 0.4) is 0 Å². The summed E-state index contributed by atoms with van der Waals surface area (Å²) < 4.78 is 5.71. The average molecular weight is 373 g/mol. The van der Waals surface area contributed by atoms with E-state index in [-0.39, 0.29) is 17.8 Å². The Kier molecular flexibility index (Phi) is 5.29. The summed E-state index contributed by atoms with van der Waals surface area (Å²) in [5, 5.41) is 22.9. The van der Waals surface area contributed by atoms with Crippen LogP contribution >= 0.6 is 11.6 Å². The van der Waals surface area contributed by atoms with Crippen molar-refractivity contribution >= 4 is 17.3 Å². The monoisotopic (exact) mass is 372 g/mol. The standard InChI is InChI=1S/C18H17ClN4O3/c1-11(13-3-7-15(19)8-4-13)20-12(2)17-21-22-18(26-17)14-5-9-16(10-6-14)23(24)25/h3-12,20H,1-2H3/t11-,12-/m1/s1. The van der Waals surface area contributed by atoms with Gasteiger partial charge >= 0.3 is 0 Å². The van der Waals surface area contributed by atoms with Crippen molar-refractivity contribution in [1.82, 2.24) is 15.5 Å².